The van der Waals surface area contributed by atoms with Crippen LogP contribution in [0.1, 0.15) is 42.9 Å². The highest BCUT2D eigenvalue weighted by molar-refractivity contribution is 5.86. The van der Waals surface area contributed by atoms with Crippen molar-refractivity contribution in [1.82, 2.24) is 4.90 Å². The van der Waals surface area contributed by atoms with E-state index in [0.29, 0.717) is 19.4 Å². The summed E-state index contributed by atoms with van der Waals surface area (Å²) in [5.41, 5.74) is 2.03. The molecule has 28 heavy (non-hydrogen) atoms. The van der Waals surface area contributed by atoms with Gasteiger partial charge in [-0.05, 0) is 37.3 Å². The first-order valence-electron chi connectivity index (χ1n) is 9.76. The first kappa shape index (κ1) is 19.9. The van der Waals surface area contributed by atoms with Crippen molar-refractivity contribution in [2.75, 3.05) is 6.54 Å². The standard InChI is InChI=1S/C23H27NO4/c1-3-23(21(25)27-17-20-12-7-9-18(2)15-20)13-8-14-24(23)22(26)28-16-19-10-5-4-6-11-19/h4-7,9-12,15H,3,8,13-14,16-17H2,1-2H3. The van der Waals surface area contributed by atoms with Crippen LogP contribution in [0.25, 0.3) is 0 Å². The Morgan fingerprint density at radius 3 is 2.43 bits per heavy atom. The van der Waals surface area contributed by atoms with E-state index in [4.69, 9.17) is 9.47 Å². The third-order valence-electron chi connectivity index (χ3n) is 5.33. The summed E-state index contributed by atoms with van der Waals surface area (Å²) < 4.78 is 11.1. The monoisotopic (exact) mass is 381 g/mol. The number of aryl methyl sites for hydroxylation is 1. The SMILES string of the molecule is CCC1(C(=O)OCc2cccc(C)c2)CCCN1C(=O)OCc1ccccc1. The maximum atomic E-state index is 13.0. The van der Waals surface area contributed by atoms with Crippen molar-refractivity contribution in [3.63, 3.8) is 0 Å². The Balaban J connectivity index is 1.65. The number of amides is 1. The van der Waals surface area contributed by atoms with Crippen LogP contribution in [0, 0.1) is 6.92 Å². The van der Waals surface area contributed by atoms with Crippen molar-refractivity contribution in [2.24, 2.45) is 0 Å². The summed E-state index contributed by atoms with van der Waals surface area (Å²) in [4.78, 5) is 27.2. The van der Waals surface area contributed by atoms with Gasteiger partial charge in [0.15, 0.2) is 0 Å². The second-order valence-electron chi connectivity index (χ2n) is 7.25. The molecule has 2 aromatic rings. The smallest absolute Gasteiger partial charge is 0.411 e. The number of rotatable bonds is 6. The van der Waals surface area contributed by atoms with Gasteiger partial charge in [-0.3, -0.25) is 4.90 Å². The fraction of sp³-hybridized carbons (Fsp3) is 0.391. The highest BCUT2D eigenvalue weighted by Crippen LogP contribution is 2.34. The van der Waals surface area contributed by atoms with Gasteiger partial charge in [-0.2, -0.15) is 0 Å². The zero-order valence-corrected chi connectivity index (χ0v) is 16.5. The molecule has 1 fully saturated rings. The third kappa shape index (κ3) is 4.35. The average Bonchev–Trinajstić information content (AvgIpc) is 3.16. The van der Waals surface area contributed by atoms with Gasteiger partial charge in [0.25, 0.3) is 0 Å². The molecule has 1 unspecified atom stereocenters. The van der Waals surface area contributed by atoms with Crippen LogP contribution in [0.5, 0.6) is 0 Å². The summed E-state index contributed by atoms with van der Waals surface area (Å²) in [7, 11) is 0. The Bertz CT molecular complexity index is 820. The lowest BCUT2D eigenvalue weighted by atomic mass is 9.93. The molecule has 1 amide bonds. The van der Waals surface area contributed by atoms with Crippen LogP contribution in [-0.4, -0.2) is 29.0 Å². The molecule has 0 N–H and O–H groups in total. The summed E-state index contributed by atoms with van der Waals surface area (Å²) in [5.74, 6) is -0.356. The molecule has 0 spiro atoms. The molecule has 148 valence electrons. The number of carbonyl (C=O) groups excluding carboxylic acids is 2. The van der Waals surface area contributed by atoms with E-state index in [9.17, 15) is 9.59 Å². The van der Waals surface area contributed by atoms with Crippen LogP contribution in [0.3, 0.4) is 0 Å². The number of esters is 1. The highest BCUT2D eigenvalue weighted by Gasteiger charge is 2.50. The Morgan fingerprint density at radius 2 is 1.71 bits per heavy atom. The molecule has 0 aliphatic carbocycles. The zero-order chi connectivity index (χ0) is 20.0. The number of hydrogen-bond acceptors (Lipinski definition) is 4. The Kier molecular flexibility index (Phi) is 6.34. The van der Waals surface area contributed by atoms with Crippen LogP contribution in [0.2, 0.25) is 0 Å². The molecular weight excluding hydrogens is 354 g/mol. The third-order valence-corrected chi connectivity index (χ3v) is 5.33. The summed E-state index contributed by atoms with van der Waals surface area (Å²) >= 11 is 0. The van der Waals surface area contributed by atoms with Gasteiger partial charge in [0, 0.05) is 6.54 Å². The van der Waals surface area contributed by atoms with E-state index in [-0.39, 0.29) is 19.2 Å². The van der Waals surface area contributed by atoms with Crippen LogP contribution >= 0.6 is 0 Å². The van der Waals surface area contributed by atoms with E-state index in [2.05, 4.69) is 0 Å². The molecule has 0 bridgehead atoms. The van der Waals surface area contributed by atoms with Crippen molar-refractivity contribution in [2.45, 2.75) is 51.9 Å². The molecule has 3 rings (SSSR count). The minimum absolute atomic E-state index is 0.189. The van der Waals surface area contributed by atoms with Gasteiger partial charge in [0.05, 0.1) is 0 Å². The van der Waals surface area contributed by atoms with Crippen molar-refractivity contribution in [3.8, 4) is 0 Å². The normalized spacial score (nSPS) is 18.7. The fourth-order valence-corrected chi connectivity index (χ4v) is 3.75. The van der Waals surface area contributed by atoms with Crippen molar-refractivity contribution in [3.05, 3.63) is 71.3 Å². The molecule has 1 atom stereocenters. The molecule has 0 saturated carbocycles. The number of ether oxygens (including phenoxy) is 2. The van der Waals surface area contributed by atoms with E-state index in [0.717, 1.165) is 23.1 Å². The summed E-state index contributed by atoms with van der Waals surface area (Å²) in [6.45, 7) is 4.81. The van der Waals surface area contributed by atoms with Crippen molar-refractivity contribution < 1.29 is 19.1 Å². The molecule has 0 radical (unpaired) electrons. The largest absolute Gasteiger partial charge is 0.459 e. The molecule has 1 aliphatic rings. The van der Waals surface area contributed by atoms with Gasteiger partial charge >= 0.3 is 12.1 Å². The molecule has 1 heterocycles. The molecule has 5 nitrogen and oxygen atoms in total. The van der Waals surface area contributed by atoms with E-state index in [1.165, 1.54) is 0 Å². The highest BCUT2D eigenvalue weighted by atomic mass is 16.6. The second-order valence-corrected chi connectivity index (χ2v) is 7.25. The van der Waals surface area contributed by atoms with Gasteiger partial charge in [0.1, 0.15) is 18.8 Å². The van der Waals surface area contributed by atoms with E-state index in [1.807, 2.05) is 68.4 Å². The van der Waals surface area contributed by atoms with Crippen LogP contribution in [0.4, 0.5) is 4.79 Å². The van der Waals surface area contributed by atoms with Crippen molar-refractivity contribution >= 4 is 12.1 Å². The molecule has 2 aromatic carbocycles. The van der Waals surface area contributed by atoms with Crippen LogP contribution < -0.4 is 0 Å². The first-order valence-corrected chi connectivity index (χ1v) is 9.76. The number of hydrogen-bond donors (Lipinski definition) is 0. The van der Waals surface area contributed by atoms with Gasteiger partial charge in [-0.1, -0.05) is 67.1 Å². The minimum Gasteiger partial charge on any atom is -0.459 e. The number of benzene rings is 2. The Morgan fingerprint density at radius 1 is 1.00 bits per heavy atom. The quantitative estimate of drug-likeness (QED) is 0.685. The van der Waals surface area contributed by atoms with E-state index in [1.54, 1.807) is 4.90 Å². The summed E-state index contributed by atoms with van der Waals surface area (Å²) in [5, 5.41) is 0. The average molecular weight is 381 g/mol. The summed E-state index contributed by atoms with van der Waals surface area (Å²) in [6, 6.07) is 17.4. The second kappa shape index (κ2) is 8.91. The minimum atomic E-state index is -0.947. The van der Waals surface area contributed by atoms with Crippen molar-refractivity contribution in [1.29, 1.82) is 0 Å². The number of likely N-dealkylation sites (tertiary alicyclic amines) is 1. The number of nitrogens with zero attached hydrogens (tertiary/aromatic N) is 1. The van der Waals surface area contributed by atoms with Gasteiger partial charge in [-0.15, -0.1) is 0 Å². The van der Waals surface area contributed by atoms with Gasteiger partial charge < -0.3 is 9.47 Å². The Labute approximate surface area is 166 Å². The lowest BCUT2D eigenvalue weighted by Gasteiger charge is -2.34. The topological polar surface area (TPSA) is 55.8 Å². The molecule has 1 aliphatic heterocycles. The van der Waals surface area contributed by atoms with Crippen LogP contribution in [-0.2, 0) is 27.5 Å². The van der Waals surface area contributed by atoms with Gasteiger partial charge in [0.2, 0.25) is 0 Å². The van der Waals surface area contributed by atoms with E-state index >= 15 is 0 Å². The molecule has 0 aromatic heterocycles. The lowest BCUT2D eigenvalue weighted by Crippen LogP contribution is -2.53. The Hall–Kier alpha value is -2.82. The van der Waals surface area contributed by atoms with Gasteiger partial charge in [-0.25, -0.2) is 9.59 Å². The molecular formula is C23H27NO4. The maximum absolute atomic E-state index is 13.0. The molecule has 1 saturated heterocycles. The van der Waals surface area contributed by atoms with E-state index < -0.39 is 11.6 Å². The molecule has 5 heteroatoms. The zero-order valence-electron chi connectivity index (χ0n) is 16.5. The summed E-state index contributed by atoms with van der Waals surface area (Å²) in [6.07, 6.45) is 1.39. The maximum Gasteiger partial charge on any atom is 0.411 e. The fourth-order valence-electron chi connectivity index (χ4n) is 3.75. The predicted octanol–water partition coefficient (Wildman–Crippen LogP) is 4.62. The predicted molar refractivity (Wildman–Crippen MR) is 107 cm³/mol. The number of carbonyl (C=O) groups is 2. The first-order chi connectivity index (χ1) is 13.5. The van der Waals surface area contributed by atoms with Crippen LogP contribution in [0.15, 0.2) is 54.6 Å². The lowest BCUT2D eigenvalue weighted by molar-refractivity contribution is -0.157.